The normalized spacial score (nSPS) is 10.6. The van der Waals surface area contributed by atoms with Gasteiger partial charge in [-0.05, 0) is 44.2 Å². The minimum absolute atomic E-state index is 0.610. The van der Waals surface area contributed by atoms with E-state index in [1.165, 1.54) is 0 Å². The predicted molar refractivity (Wildman–Crippen MR) is 88.9 cm³/mol. The van der Waals surface area contributed by atoms with E-state index in [0.717, 1.165) is 34.5 Å². The molecule has 0 radical (unpaired) electrons. The van der Waals surface area contributed by atoms with E-state index < -0.39 is 0 Å². The second-order valence-electron chi connectivity index (χ2n) is 5.25. The van der Waals surface area contributed by atoms with E-state index in [1.54, 1.807) is 7.11 Å². The molecule has 0 aliphatic rings. The zero-order valence-corrected chi connectivity index (χ0v) is 13.4. The van der Waals surface area contributed by atoms with Crippen LogP contribution in [0.2, 0.25) is 0 Å². The van der Waals surface area contributed by atoms with Crippen LogP contribution >= 0.6 is 0 Å². The number of aryl methyl sites for hydroxylation is 2. The van der Waals surface area contributed by atoms with Crippen molar-refractivity contribution in [2.24, 2.45) is 0 Å². The zero-order valence-electron chi connectivity index (χ0n) is 13.4. The molecule has 1 N–H and O–H groups in total. The van der Waals surface area contributed by atoms with Gasteiger partial charge in [0.15, 0.2) is 0 Å². The molecule has 23 heavy (non-hydrogen) atoms. The van der Waals surface area contributed by atoms with Crippen LogP contribution in [0.15, 0.2) is 42.6 Å². The van der Waals surface area contributed by atoms with Gasteiger partial charge in [-0.1, -0.05) is 0 Å². The maximum atomic E-state index is 5.17. The van der Waals surface area contributed by atoms with E-state index in [4.69, 9.17) is 4.74 Å². The van der Waals surface area contributed by atoms with Crippen molar-refractivity contribution in [3.8, 4) is 11.4 Å². The third kappa shape index (κ3) is 3.66. The lowest BCUT2D eigenvalue weighted by Crippen LogP contribution is -2.05. The van der Waals surface area contributed by atoms with Gasteiger partial charge in [-0.3, -0.25) is 0 Å². The van der Waals surface area contributed by atoms with Crippen molar-refractivity contribution in [2.45, 2.75) is 20.4 Å². The van der Waals surface area contributed by atoms with E-state index in [2.05, 4.69) is 20.4 Å². The van der Waals surface area contributed by atoms with Crippen LogP contribution in [0.25, 0.3) is 5.69 Å². The van der Waals surface area contributed by atoms with Gasteiger partial charge < -0.3 is 10.1 Å². The Balaban J connectivity index is 1.69. The molecule has 3 aromatic rings. The lowest BCUT2D eigenvalue weighted by Gasteiger charge is -2.06. The Bertz CT molecular complexity index is 775. The molecule has 0 saturated heterocycles. The van der Waals surface area contributed by atoms with Crippen LogP contribution in [-0.2, 0) is 6.54 Å². The van der Waals surface area contributed by atoms with Crippen LogP contribution < -0.4 is 10.1 Å². The van der Waals surface area contributed by atoms with E-state index in [-0.39, 0.29) is 0 Å². The Hall–Kier alpha value is -2.89. The number of hydrogen-bond donors (Lipinski definition) is 1. The number of ether oxygens (including phenoxy) is 1. The molecule has 2 aromatic heterocycles. The van der Waals surface area contributed by atoms with Crippen molar-refractivity contribution in [1.82, 2.24) is 19.7 Å². The highest BCUT2D eigenvalue weighted by Crippen LogP contribution is 2.15. The zero-order chi connectivity index (χ0) is 16.2. The van der Waals surface area contributed by atoms with Crippen LogP contribution in [0.5, 0.6) is 5.75 Å². The van der Waals surface area contributed by atoms with Gasteiger partial charge in [-0.2, -0.15) is 5.10 Å². The maximum absolute atomic E-state index is 5.17. The second-order valence-corrected chi connectivity index (χ2v) is 5.25. The van der Waals surface area contributed by atoms with Crippen molar-refractivity contribution < 1.29 is 4.74 Å². The molecule has 3 rings (SSSR count). The molecule has 0 spiro atoms. The smallest absolute Gasteiger partial charge is 0.130 e. The number of rotatable bonds is 5. The number of nitrogens with one attached hydrogen (secondary N) is 1. The van der Waals surface area contributed by atoms with Crippen LogP contribution in [-0.4, -0.2) is 26.9 Å². The molecular formula is C17H19N5O. The highest BCUT2D eigenvalue weighted by Gasteiger charge is 2.03. The van der Waals surface area contributed by atoms with E-state index in [0.29, 0.717) is 6.54 Å². The summed E-state index contributed by atoms with van der Waals surface area (Å²) in [4.78, 5) is 8.63. The average Bonchev–Trinajstić information content (AvgIpc) is 3.01. The maximum Gasteiger partial charge on any atom is 0.130 e. The van der Waals surface area contributed by atoms with Gasteiger partial charge in [-0.15, -0.1) is 0 Å². The fourth-order valence-electron chi connectivity index (χ4n) is 2.32. The molecule has 0 aliphatic carbocycles. The Kier molecular flexibility index (Phi) is 4.23. The monoisotopic (exact) mass is 309 g/mol. The molecule has 118 valence electrons. The van der Waals surface area contributed by atoms with Gasteiger partial charge in [0.1, 0.15) is 17.4 Å². The number of anilines is 1. The summed E-state index contributed by atoms with van der Waals surface area (Å²) in [6.07, 6.45) is 1.94. The molecule has 6 heteroatoms. The molecule has 2 heterocycles. The fourth-order valence-corrected chi connectivity index (χ4v) is 2.32. The molecule has 0 amide bonds. The minimum Gasteiger partial charge on any atom is -0.497 e. The lowest BCUT2D eigenvalue weighted by atomic mass is 10.3. The molecule has 0 fully saturated rings. The summed E-state index contributed by atoms with van der Waals surface area (Å²) >= 11 is 0. The number of hydrogen-bond acceptors (Lipinski definition) is 5. The molecule has 0 saturated carbocycles. The highest BCUT2D eigenvalue weighted by atomic mass is 16.5. The van der Waals surface area contributed by atoms with Crippen molar-refractivity contribution in [2.75, 3.05) is 12.4 Å². The number of benzene rings is 1. The largest absolute Gasteiger partial charge is 0.497 e. The van der Waals surface area contributed by atoms with Crippen LogP contribution in [0.3, 0.4) is 0 Å². The Morgan fingerprint density at radius 2 is 1.87 bits per heavy atom. The first-order valence-corrected chi connectivity index (χ1v) is 7.39. The van der Waals surface area contributed by atoms with Crippen molar-refractivity contribution in [3.63, 3.8) is 0 Å². The second kappa shape index (κ2) is 6.48. The first-order valence-electron chi connectivity index (χ1n) is 7.39. The molecule has 1 aromatic carbocycles. The quantitative estimate of drug-likeness (QED) is 0.785. The van der Waals surface area contributed by atoms with Gasteiger partial charge in [0.05, 0.1) is 25.0 Å². The molecule has 0 bridgehead atoms. The Morgan fingerprint density at radius 3 is 2.57 bits per heavy atom. The average molecular weight is 309 g/mol. The SMILES string of the molecule is COc1ccc(-n2ccc(CNc3cc(C)nc(C)n3)n2)cc1. The fraction of sp³-hybridized carbons (Fsp3) is 0.235. The lowest BCUT2D eigenvalue weighted by molar-refractivity contribution is 0.414. The van der Waals surface area contributed by atoms with Crippen molar-refractivity contribution in [3.05, 3.63) is 59.8 Å². The summed E-state index contributed by atoms with van der Waals surface area (Å²) in [5.74, 6) is 2.41. The van der Waals surface area contributed by atoms with Crippen LogP contribution in [0.4, 0.5) is 5.82 Å². The summed E-state index contributed by atoms with van der Waals surface area (Å²) in [6.45, 7) is 4.45. The molecule has 6 nitrogen and oxygen atoms in total. The molecule has 0 aliphatic heterocycles. The standard InChI is InChI=1S/C17H19N5O/c1-12-10-17(20-13(2)19-12)18-11-14-8-9-22(21-14)15-4-6-16(23-3)7-5-15/h4-10H,11H2,1-3H3,(H,18,19,20). The van der Waals surface area contributed by atoms with Crippen LogP contribution in [0.1, 0.15) is 17.2 Å². The van der Waals surface area contributed by atoms with Gasteiger partial charge in [0.2, 0.25) is 0 Å². The van der Waals surface area contributed by atoms with Crippen molar-refractivity contribution >= 4 is 5.82 Å². The number of nitrogens with zero attached hydrogens (tertiary/aromatic N) is 4. The molecular weight excluding hydrogens is 290 g/mol. The Morgan fingerprint density at radius 1 is 1.09 bits per heavy atom. The molecule has 0 atom stereocenters. The number of methoxy groups -OCH3 is 1. The summed E-state index contributed by atoms with van der Waals surface area (Å²) in [5.41, 5.74) is 2.88. The van der Waals surface area contributed by atoms with Crippen LogP contribution in [0, 0.1) is 13.8 Å². The highest BCUT2D eigenvalue weighted by molar-refractivity contribution is 5.38. The molecule has 0 unspecified atom stereocenters. The summed E-state index contributed by atoms with van der Waals surface area (Å²) in [6, 6.07) is 11.7. The van der Waals surface area contributed by atoms with Gasteiger partial charge in [0.25, 0.3) is 0 Å². The number of aromatic nitrogens is 4. The predicted octanol–water partition coefficient (Wildman–Crippen LogP) is 2.90. The van der Waals surface area contributed by atoms with E-state index >= 15 is 0 Å². The van der Waals surface area contributed by atoms with Gasteiger partial charge >= 0.3 is 0 Å². The van der Waals surface area contributed by atoms with Crippen molar-refractivity contribution in [1.29, 1.82) is 0 Å². The summed E-state index contributed by atoms with van der Waals surface area (Å²) in [5, 5.41) is 7.84. The first kappa shape index (κ1) is 15.0. The Labute approximate surface area is 135 Å². The van der Waals surface area contributed by atoms with Gasteiger partial charge in [0, 0.05) is 18.0 Å². The first-order chi connectivity index (χ1) is 11.1. The third-order valence-electron chi connectivity index (χ3n) is 3.40. The topological polar surface area (TPSA) is 64.9 Å². The van der Waals surface area contributed by atoms with Gasteiger partial charge in [-0.25, -0.2) is 14.6 Å². The van der Waals surface area contributed by atoms with E-state index in [9.17, 15) is 0 Å². The van der Waals surface area contributed by atoms with E-state index in [1.807, 2.05) is 61.1 Å². The summed E-state index contributed by atoms with van der Waals surface area (Å²) in [7, 11) is 1.66. The minimum atomic E-state index is 0.610. The summed E-state index contributed by atoms with van der Waals surface area (Å²) < 4.78 is 7.01. The third-order valence-corrected chi connectivity index (χ3v) is 3.40.